The van der Waals surface area contributed by atoms with Gasteiger partial charge in [0.15, 0.2) is 0 Å². The number of rotatable bonds is 12. The lowest BCUT2D eigenvalue weighted by molar-refractivity contribution is -0.141. The molecule has 0 radical (unpaired) electrons. The first-order chi connectivity index (χ1) is 15.6. The number of fused-ring (bicyclic) bond motifs is 1. The van der Waals surface area contributed by atoms with E-state index in [-0.39, 0.29) is 12.2 Å². The SMILES string of the molecule is NC(=O)CC(NC(=O)CNC(=O)C(N)Cc1c[nH]c2ccccc12)C(=O)NC(CS)C(=O)O. The largest absolute Gasteiger partial charge is 0.480 e. The lowest BCUT2D eigenvalue weighted by atomic mass is 10.1. The Balaban J connectivity index is 1.90. The molecule has 13 heteroatoms. The minimum atomic E-state index is -1.42. The number of hydrogen-bond acceptors (Lipinski definition) is 7. The monoisotopic (exact) mass is 478 g/mol. The molecule has 3 atom stereocenters. The molecule has 178 valence electrons. The second kappa shape index (κ2) is 11.9. The predicted molar refractivity (Wildman–Crippen MR) is 122 cm³/mol. The third-order valence-electron chi connectivity index (χ3n) is 4.73. The van der Waals surface area contributed by atoms with E-state index in [2.05, 4.69) is 33.6 Å². The van der Waals surface area contributed by atoms with Crippen LogP contribution in [-0.2, 0) is 30.4 Å². The van der Waals surface area contributed by atoms with Crippen LogP contribution < -0.4 is 27.4 Å². The lowest BCUT2D eigenvalue weighted by Gasteiger charge is -2.20. The van der Waals surface area contributed by atoms with Gasteiger partial charge in [-0.2, -0.15) is 12.6 Å². The second-order valence-corrected chi connectivity index (χ2v) is 7.63. The van der Waals surface area contributed by atoms with Crippen molar-refractivity contribution >= 4 is 53.1 Å². The van der Waals surface area contributed by atoms with Gasteiger partial charge in [0.05, 0.1) is 19.0 Å². The van der Waals surface area contributed by atoms with Crippen molar-refractivity contribution in [2.24, 2.45) is 11.5 Å². The topological polar surface area (TPSA) is 209 Å². The summed E-state index contributed by atoms with van der Waals surface area (Å²) in [6.45, 7) is -0.516. The maximum atomic E-state index is 12.3. The van der Waals surface area contributed by atoms with Crippen molar-refractivity contribution in [2.45, 2.75) is 31.0 Å². The van der Waals surface area contributed by atoms with E-state index in [1.54, 1.807) is 6.20 Å². The van der Waals surface area contributed by atoms with Crippen LogP contribution in [0.5, 0.6) is 0 Å². The molecule has 0 aliphatic heterocycles. The number of aromatic nitrogens is 1. The van der Waals surface area contributed by atoms with Gasteiger partial charge in [0.25, 0.3) is 0 Å². The normalized spacial score (nSPS) is 13.5. The van der Waals surface area contributed by atoms with Crippen LogP contribution in [0, 0.1) is 0 Å². The zero-order valence-electron chi connectivity index (χ0n) is 17.5. The molecule has 1 aromatic heterocycles. The van der Waals surface area contributed by atoms with E-state index in [0.29, 0.717) is 0 Å². The molecule has 0 saturated heterocycles. The number of para-hydroxylation sites is 1. The van der Waals surface area contributed by atoms with Gasteiger partial charge >= 0.3 is 5.97 Å². The Hall–Kier alpha value is -3.58. The van der Waals surface area contributed by atoms with Crippen LogP contribution in [0.25, 0.3) is 10.9 Å². The highest BCUT2D eigenvalue weighted by atomic mass is 32.1. The summed E-state index contributed by atoms with van der Waals surface area (Å²) in [4.78, 5) is 62.2. The number of aliphatic carboxylic acids is 1. The number of carboxylic acid groups (broad SMARTS) is 1. The van der Waals surface area contributed by atoms with E-state index in [9.17, 15) is 24.0 Å². The molecular weight excluding hydrogens is 452 g/mol. The number of aromatic amines is 1. The Bertz CT molecular complexity index is 1040. The van der Waals surface area contributed by atoms with Crippen molar-refractivity contribution in [3.63, 3.8) is 0 Å². The Labute approximate surface area is 194 Å². The van der Waals surface area contributed by atoms with E-state index >= 15 is 0 Å². The van der Waals surface area contributed by atoms with Crippen LogP contribution in [0.3, 0.4) is 0 Å². The lowest BCUT2D eigenvalue weighted by Crippen LogP contribution is -2.55. The summed E-state index contributed by atoms with van der Waals surface area (Å²) < 4.78 is 0. The highest BCUT2D eigenvalue weighted by Crippen LogP contribution is 2.18. The van der Waals surface area contributed by atoms with Gasteiger partial charge in [0, 0.05) is 22.9 Å². The van der Waals surface area contributed by atoms with Crippen LogP contribution >= 0.6 is 12.6 Å². The van der Waals surface area contributed by atoms with Gasteiger partial charge in [-0.15, -0.1) is 0 Å². The molecule has 0 aliphatic rings. The van der Waals surface area contributed by atoms with Crippen molar-refractivity contribution in [1.29, 1.82) is 0 Å². The minimum Gasteiger partial charge on any atom is -0.480 e. The fraction of sp³-hybridized carbons (Fsp3) is 0.350. The number of amides is 4. The fourth-order valence-electron chi connectivity index (χ4n) is 3.04. The van der Waals surface area contributed by atoms with Crippen molar-refractivity contribution in [1.82, 2.24) is 20.9 Å². The van der Waals surface area contributed by atoms with Gasteiger partial charge in [0.2, 0.25) is 23.6 Å². The fourth-order valence-corrected chi connectivity index (χ4v) is 3.29. The van der Waals surface area contributed by atoms with E-state index in [1.807, 2.05) is 24.3 Å². The third-order valence-corrected chi connectivity index (χ3v) is 5.09. The molecule has 12 nitrogen and oxygen atoms in total. The molecular formula is C20H26N6O6S. The molecule has 3 unspecified atom stereocenters. The molecule has 0 saturated carbocycles. The van der Waals surface area contributed by atoms with E-state index in [0.717, 1.165) is 16.5 Å². The molecule has 1 heterocycles. The molecule has 1 aromatic carbocycles. The molecule has 33 heavy (non-hydrogen) atoms. The molecule has 2 aromatic rings. The number of carboxylic acids is 1. The van der Waals surface area contributed by atoms with Crippen molar-refractivity contribution in [3.8, 4) is 0 Å². The molecule has 2 rings (SSSR count). The van der Waals surface area contributed by atoms with Gasteiger partial charge in [0.1, 0.15) is 12.1 Å². The predicted octanol–water partition coefficient (Wildman–Crippen LogP) is -1.99. The number of H-pyrrole nitrogens is 1. The van der Waals surface area contributed by atoms with Gasteiger partial charge in [-0.25, -0.2) is 4.79 Å². The summed E-state index contributed by atoms with van der Waals surface area (Å²) in [6, 6.07) is 3.84. The molecule has 0 aliphatic carbocycles. The van der Waals surface area contributed by atoms with E-state index < -0.39 is 60.7 Å². The Kier molecular flexibility index (Phi) is 9.24. The van der Waals surface area contributed by atoms with Crippen LogP contribution in [0.4, 0.5) is 0 Å². The van der Waals surface area contributed by atoms with E-state index in [1.165, 1.54) is 0 Å². The summed E-state index contributed by atoms with van der Waals surface area (Å²) in [6.07, 6.45) is 1.42. The number of primary amides is 1. The van der Waals surface area contributed by atoms with Crippen LogP contribution in [0.15, 0.2) is 30.5 Å². The summed E-state index contributed by atoms with van der Waals surface area (Å²) in [5, 5.41) is 16.7. The number of thiol groups is 1. The first kappa shape index (κ1) is 25.7. The molecule has 0 spiro atoms. The molecule has 9 N–H and O–H groups in total. The molecule has 0 fully saturated rings. The van der Waals surface area contributed by atoms with Crippen LogP contribution in [0.1, 0.15) is 12.0 Å². The zero-order chi connectivity index (χ0) is 24.5. The standard InChI is InChI=1S/C20H26N6O6S/c21-12(5-10-7-23-13-4-2-1-3-11(10)13)18(29)24-8-17(28)25-14(6-16(22)27)19(30)26-15(9-33)20(31)32/h1-4,7,12,14-15,23,33H,5-6,8-9,21H2,(H2,22,27)(H,24,29)(H,25,28)(H,26,30)(H,31,32). The second-order valence-electron chi connectivity index (χ2n) is 7.26. The molecule has 0 bridgehead atoms. The Morgan fingerprint density at radius 1 is 1.06 bits per heavy atom. The van der Waals surface area contributed by atoms with Crippen LogP contribution in [0.2, 0.25) is 0 Å². The summed E-state index contributed by atoms with van der Waals surface area (Å²) >= 11 is 3.83. The number of carbonyl (C=O) groups excluding carboxylic acids is 4. The third kappa shape index (κ3) is 7.50. The first-order valence-electron chi connectivity index (χ1n) is 9.92. The smallest absolute Gasteiger partial charge is 0.327 e. The number of benzene rings is 1. The quantitative estimate of drug-likeness (QED) is 0.161. The highest BCUT2D eigenvalue weighted by molar-refractivity contribution is 7.80. The Morgan fingerprint density at radius 2 is 1.76 bits per heavy atom. The van der Waals surface area contributed by atoms with E-state index in [4.69, 9.17) is 16.6 Å². The average molecular weight is 479 g/mol. The minimum absolute atomic E-state index is 0.206. The number of nitrogens with two attached hydrogens (primary N) is 2. The van der Waals surface area contributed by atoms with Crippen molar-refractivity contribution < 1.29 is 29.1 Å². The maximum Gasteiger partial charge on any atom is 0.327 e. The number of hydrogen-bond donors (Lipinski definition) is 8. The molecule has 4 amide bonds. The van der Waals surface area contributed by atoms with Crippen molar-refractivity contribution in [2.75, 3.05) is 12.3 Å². The summed E-state index contributed by atoms with van der Waals surface area (Å²) in [5.41, 5.74) is 12.8. The van der Waals surface area contributed by atoms with Crippen molar-refractivity contribution in [3.05, 3.63) is 36.0 Å². The van der Waals surface area contributed by atoms with Crippen LogP contribution in [-0.4, -0.2) is 70.1 Å². The summed E-state index contributed by atoms with van der Waals surface area (Å²) in [5.74, 6) is -4.74. The summed E-state index contributed by atoms with van der Waals surface area (Å²) in [7, 11) is 0. The average Bonchev–Trinajstić information content (AvgIpc) is 3.17. The van der Waals surface area contributed by atoms with Gasteiger partial charge in [-0.05, 0) is 18.1 Å². The highest BCUT2D eigenvalue weighted by Gasteiger charge is 2.27. The van der Waals surface area contributed by atoms with Gasteiger partial charge in [-0.1, -0.05) is 18.2 Å². The van der Waals surface area contributed by atoms with Gasteiger partial charge in [-0.3, -0.25) is 19.2 Å². The number of carbonyl (C=O) groups is 5. The maximum absolute atomic E-state index is 12.3. The number of nitrogens with one attached hydrogen (secondary N) is 4. The Morgan fingerprint density at radius 3 is 2.39 bits per heavy atom. The zero-order valence-corrected chi connectivity index (χ0v) is 18.4. The first-order valence-corrected chi connectivity index (χ1v) is 10.6. The van der Waals surface area contributed by atoms with Gasteiger partial charge < -0.3 is 37.5 Å².